The third-order valence-electron chi connectivity index (χ3n) is 4.79. The first-order chi connectivity index (χ1) is 12.9. The van der Waals surface area contributed by atoms with E-state index in [-0.39, 0.29) is 24.8 Å². The molecule has 27 heavy (non-hydrogen) atoms. The Hall–Kier alpha value is -2.96. The summed E-state index contributed by atoms with van der Waals surface area (Å²) in [5.74, 6) is -1.39. The molecule has 142 valence electrons. The van der Waals surface area contributed by atoms with Gasteiger partial charge in [0.05, 0.1) is 13.0 Å². The van der Waals surface area contributed by atoms with Crippen LogP contribution in [-0.4, -0.2) is 42.4 Å². The van der Waals surface area contributed by atoms with Crippen molar-refractivity contribution in [2.75, 3.05) is 25.5 Å². The summed E-state index contributed by atoms with van der Waals surface area (Å²) in [5, 5.41) is 5.69. The molecule has 1 saturated heterocycles. The van der Waals surface area contributed by atoms with Gasteiger partial charge in [-0.2, -0.15) is 0 Å². The molecule has 1 heterocycles. The molecule has 1 atom stereocenters. The fourth-order valence-corrected chi connectivity index (χ4v) is 3.37. The summed E-state index contributed by atoms with van der Waals surface area (Å²) in [6.45, 7) is 0.472. The summed E-state index contributed by atoms with van der Waals surface area (Å²) in [4.78, 5) is 26.7. The van der Waals surface area contributed by atoms with E-state index in [1.165, 1.54) is 30.1 Å². The normalized spacial score (nSPS) is 19.0. The van der Waals surface area contributed by atoms with E-state index in [9.17, 15) is 18.4 Å². The first-order valence-electron chi connectivity index (χ1n) is 8.71. The fourth-order valence-electron chi connectivity index (χ4n) is 3.37. The van der Waals surface area contributed by atoms with E-state index in [1.54, 1.807) is 30.3 Å². The predicted octanol–water partition coefficient (Wildman–Crippen LogP) is 2.34. The number of rotatable bonds is 5. The van der Waals surface area contributed by atoms with E-state index >= 15 is 0 Å². The van der Waals surface area contributed by atoms with Crippen molar-refractivity contribution in [3.05, 3.63) is 65.7 Å². The van der Waals surface area contributed by atoms with Crippen LogP contribution < -0.4 is 10.6 Å². The van der Waals surface area contributed by atoms with Gasteiger partial charge < -0.3 is 15.5 Å². The van der Waals surface area contributed by atoms with Crippen LogP contribution >= 0.6 is 0 Å². The second-order valence-electron chi connectivity index (χ2n) is 6.63. The minimum atomic E-state index is -1.06. The Kier molecular flexibility index (Phi) is 5.39. The summed E-state index contributed by atoms with van der Waals surface area (Å²) in [6, 6.07) is 12.0. The summed E-state index contributed by atoms with van der Waals surface area (Å²) in [5.41, 5.74) is -0.284. The van der Waals surface area contributed by atoms with Crippen LogP contribution in [0.3, 0.4) is 0 Å². The van der Waals surface area contributed by atoms with Gasteiger partial charge in [-0.3, -0.25) is 9.59 Å². The smallest absolute Gasteiger partial charge is 0.247 e. The minimum Gasteiger partial charge on any atom is -0.370 e. The van der Waals surface area contributed by atoms with Crippen molar-refractivity contribution in [1.29, 1.82) is 0 Å². The van der Waals surface area contributed by atoms with E-state index in [0.717, 1.165) is 0 Å². The van der Waals surface area contributed by atoms with Crippen LogP contribution in [0, 0.1) is 11.6 Å². The Balaban J connectivity index is 1.76. The van der Waals surface area contributed by atoms with Crippen LogP contribution in [0.1, 0.15) is 12.0 Å². The zero-order valence-electron chi connectivity index (χ0n) is 15.0. The Labute approximate surface area is 156 Å². The molecule has 0 bridgehead atoms. The number of hydrogen-bond acceptors (Lipinski definition) is 3. The number of anilines is 1. The molecule has 2 aromatic carbocycles. The molecule has 2 N–H and O–H groups in total. The van der Waals surface area contributed by atoms with Gasteiger partial charge >= 0.3 is 0 Å². The van der Waals surface area contributed by atoms with E-state index in [1.807, 2.05) is 0 Å². The number of hydrogen-bond donors (Lipinski definition) is 2. The molecule has 0 spiro atoms. The third kappa shape index (κ3) is 4.07. The standard InChI is InChI=1S/C20H21F2N3O2/c1-23-19(27)20(24-16-7-4-6-15(21)12-16)9-10-25(13-20)18(26)11-14-5-2-3-8-17(14)22/h2-8,12,24H,9-11,13H2,1H3,(H,23,27). The zero-order chi connectivity index (χ0) is 19.4. The number of amides is 2. The molecule has 2 aromatic rings. The lowest BCUT2D eigenvalue weighted by Gasteiger charge is -2.30. The van der Waals surface area contributed by atoms with E-state index in [2.05, 4.69) is 10.6 Å². The van der Waals surface area contributed by atoms with Gasteiger partial charge in [0.1, 0.15) is 17.2 Å². The van der Waals surface area contributed by atoms with Crippen molar-refractivity contribution < 1.29 is 18.4 Å². The lowest BCUT2D eigenvalue weighted by Crippen LogP contribution is -2.54. The fraction of sp³-hybridized carbons (Fsp3) is 0.300. The van der Waals surface area contributed by atoms with Crippen molar-refractivity contribution in [2.45, 2.75) is 18.4 Å². The summed E-state index contributed by atoms with van der Waals surface area (Å²) < 4.78 is 27.3. The highest BCUT2D eigenvalue weighted by Crippen LogP contribution is 2.28. The second kappa shape index (κ2) is 7.73. The monoisotopic (exact) mass is 373 g/mol. The zero-order valence-corrected chi connectivity index (χ0v) is 15.0. The maximum atomic E-state index is 13.8. The van der Waals surface area contributed by atoms with Crippen LogP contribution in [0.2, 0.25) is 0 Å². The van der Waals surface area contributed by atoms with Crippen LogP contribution in [-0.2, 0) is 16.0 Å². The lowest BCUT2D eigenvalue weighted by atomic mass is 9.96. The van der Waals surface area contributed by atoms with Crippen molar-refractivity contribution in [1.82, 2.24) is 10.2 Å². The predicted molar refractivity (Wildman–Crippen MR) is 98.1 cm³/mol. The average molecular weight is 373 g/mol. The second-order valence-corrected chi connectivity index (χ2v) is 6.63. The van der Waals surface area contributed by atoms with Crippen LogP contribution in [0.5, 0.6) is 0 Å². The number of nitrogens with one attached hydrogen (secondary N) is 2. The topological polar surface area (TPSA) is 61.4 Å². The first-order valence-corrected chi connectivity index (χ1v) is 8.71. The maximum absolute atomic E-state index is 13.8. The van der Waals surface area contributed by atoms with E-state index in [4.69, 9.17) is 0 Å². The van der Waals surface area contributed by atoms with Crippen LogP contribution in [0.15, 0.2) is 48.5 Å². The van der Waals surface area contributed by atoms with Crippen molar-refractivity contribution in [3.8, 4) is 0 Å². The maximum Gasteiger partial charge on any atom is 0.247 e. The number of benzene rings is 2. The van der Waals surface area contributed by atoms with Crippen molar-refractivity contribution in [2.24, 2.45) is 0 Å². The van der Waals surface area contributed by atoms with Crippen molar-refractivity contribution in [3.63, 3.8) is 0 Å². The molecule has 7 heteroatoms. The molecule has 0 aromatic heterocycles. The van der Waals surface area contributed by atoms with Gasteiger partial charge in [-0.15, -0.1) is 0 Å². The molecule has 2 amide bonds. The molecular weight excluding hydrogens is 352 g/mol. The molecule has 5 nitrogen and oxygen atoms in total. The lowest BCUT2D eigenvalue weighted by molar-refractivity contribution is -0.130. The molecule has 1 fully saturated rings. The number of likely N-dealkylation sites (N-methyl/N-ethyl adjacent to an activating group) is 1. The Morgan fingerprint density at radius 3 is 2.63 bits per heavy atom. The molecule has 1 aliphatic rings. The highest BCUT2D eigenvalue weighted by Gasteiger charge is 2.45. The molecule has 0 saturated carbocycles. The summed E-state index contributed by atoms with van der Waals surface area (Å²) in [7, 11) is 1.52. The Bertz CT molecular complexity index is 859. The minimum absolute atomic E-state index is 0.0730. The van der Waals surface area contributed by atoms with Gasteiger partial charge in [0.15, 0.2) is 0 Å². The van der Waals surface area contributed by atoms with Gasteiger partial charge in [0.25, 0.3) is 0 Å². The molecule has 0 aliphatic carbocycles. The number of likely N-dealkylation sites (tertiary alicyclic amines) is 1. The first kappa shape index (κ1) is 18.8. The Morgan fingerprint density at radius 2 is 1.93 bits per heavy atom. The SMILES string of the molecule is CNC(=O)C1(Nc2cccc(F)c2)CCN(C(=O)Cc2ccccc2F)C1. The van der Waals surface area contributed by atoms with Gasteiger partial charge in [0.2, 0.25) is 11.8 Å². The number of carbonyl (C=O) groups excluding carboxylic acids is 2. The molecule has 1 unspecified atom stereocenters. The van der Waals surface area contributed by atoms with Gasteiger partial charge in [-0.1, -0.05) is 24.3 Å². The quantitative estimate of drug-likeness (QED) is 0.846. The van der Waals surface area contributed by atoms with E-state index < -0.39 is 17.2 Å². The largest absolute Gasteiger partial charge is 0.370 e. The number of halogens is 2. The molecule has 0 radical (unpaired) electrons. The molecular formula is C20H21F2N3O2. The summed E-state index contributed by atoms with van der Waals surface area (Å²) >= 11 is 0. The van der Waals surface area contributed by atoms with E-state index in [0.29, 0.717) is 24.2 Å². The average Bonchev–Trinajstić information content (AvgIpc) is 3.08. The van der Waals surface area contributed by atoms with Gasteiger partial charge in [-0.25, -0.2) is 8.78 Å². The van der Waals surface area contributed by atoms with Crippen LogP contribution in [0.4, 0.5) is 14.5 Å². The number of nitrogens with zero attached hydrogens (tertiary/aromatic N) is 1. The molecule has 1 aliphatic heterocycles. The third-order valence-corrected chi connectivity index (χ3v) is 4.79. The van der Waals surface area contributed by atoms with Crippen LogP contribution in [0.25, 0.3) is 0 Å². The number of carbonyl (C=O) groups is 2. The molecule has 3 rings (SSSR count). The summed E-state index contributed by atoms with van der Waals surface area (Å²) in [6.07, 6.45) is 0.294. The van der Waals surface area contributed by atoms with Gasteiger partial charge in [0, 0.05) is 19.3 Å². The van der Waals surface area contributed by atoms with Gasteiger partial charge in [-0.05, 0) is 36.2 Å². The Morgan fingerprint density at radius 1 is 1.15 bits per heavy atom. The highest BCUT2D eigenvalue weighted by atomic mass is 19.1. The van der Waals surface area contributed by atoms with Crippen molar-refractivity contribution >= 4 is 17.5 Å². The highest BCUT2D eigenvalue weighted by molar-refractivity contribution is 5.91.